The summed E-state index contributed by atoms with van der Waals surface area (Å²) in [5.41, 5.74) is 6.59. The molecule has 1 unspecified atom stereocenters. The maximum absolute atomic E-state index is 12.9. The van der Waals surface area contributed by atoms with Crippen LogP contribution in [0, 0.1) is 0 Å². The second-order valence-corrected chi connectivity index (χ2v) is 5.73. The number of rotatable bonds is 2. The molecule has 0 bridgehead atoms. The average Bonchev–Trinajstić information content (AvgIpc) is 2.52. The molecule has 0 radical (unpaired) electrons. The number of halogens is 2. The monoisotopic (exact) mass is 300 g/mol. The number of nitrogens with two attached hydrogens (primary N) is 1. The van der Waals surface area contributed by atoms with Crippen LogP contribution in [0.5, 0.6) is 0 Å². The number of nitrogens with zero attached hydrogens (tertiary/aromatic N) is 1. The van der Waals surface area contributed by atoms with Crippen LogP contribution >= 0.6 is 15.9 Å². The van der Waals surface area contributed by atoms with E-state index >= 15 is 0 Å². The Kier molecular flexibility index (Phi) is 4.05. The van der Waals surface area contributed by atoms with E-state index < -0.39 is 12.2 Å². The Morgan fingerprint density at radius 1 is 1.35 bits per heavy atom. The lowest BCUT2D eigenvalue weighted by Crippen LogP contribution is -2.43. The van der Waals surface area contributed by atoms with Crippen LogP contribution in [0.1, 0.15) is 19.3 Å². The standard InChI is InChI=1S/C13H18BrFN2/c14-11-3-1-4-12(9-11)17-7-2-5-13(16,10-15)6-8-17/h1,3-4,9H,2,5-8,10,16H2. The van der Waals surface area contributed by atoms with Gasteiger partial charge in [-0.1, -0.05) is 22.0 Å². The van der Waals surface area contributed by atoms with Crippen molar-refractivity contribution in [2.75, 3.05) is 24.7 Å². The van der Waals surface area contributed by atoms with Crippen molar-refractivity contribution in [2.24, 2.45) is 5.73 Å². The predicted molar refractivity (Wildman–Crippen MR) is 73.1 cm³/mol. The Morgan fingerprint density at radius 3 is 2.88 bits per heavy atom. The number of anilines is 1. The van der Waals surface area contributed by atoms with Crippen molar-refractivity contribution in [3.05, 3.63) is 28.7 Å². The molecule has 94 valence electrons. The molecule has 2 nitrogen and oxygen atoms in total. The van der Waals surface area contributed by atoms with Crippen molar-refractivity contribution in [1.82, 2.24) is 0 Å². The zero-order chi connectivity index (χ0) is 12.3. The summed E-state index contributed by atoms with van der Waals surface area (Å²) >= 11 is 3.47. The fraction of sp³-hybridized carbons (Fsp3) is 0.538. The van der Waals surface area contributed by atoms with Gasteiger partial charge in [0.2, 0.25) is 0 Å². The van der Waals surface area contributed by atoms with Gasteiger partial charge in [0.1, 0.15) is 6.67 Å². The molecule has 0 aromatic heterocycles. The minimum atomic E-state index is -0.610. The first-order chi connectivity index (χ1) is 8.13. The van der Waals surface area contributed by atoms with E-state index in [1.807, 2.05) is 12.1 Å². The first-order valence-corrected chi connectivity index (χ1v) is 6.78. The lowest BCUT2D eigenvalue weighted by atomic mass is 9.94. The highest BCUT2D eigenvalue weighted by Gasteiger charge is 2.28. The summed E-state index contributed by atoms with van der Waals surface area (Å²) in [6.07, 6.45) is 2.44. The molecule has 0 amide bonds. The van der Waals surface area contributed by atoms with Gasteiger partial charge in [-0.15, -0.1) is 0 Å². The predicted octanol–water partition coefficient (Wildman–Crippen LogP) is 3.11. The third kappa shape index (κ3) is 3.19. The number of hydrogen-bond donors (Lipinski definition) is 1. The number of alkyl halides is 1. The Balaban J connectivity index is 2.09. The van der Waals surface area contributed by atoms with E-state index in [1.54, 1.807) is 0 Å². The van der Waals surface area contributed by atoms with Crippen LogP contribution in [0.2, 0.25) is 0 Å². The zero-order valence-corrected chi connectivity index (χ0v) is 11.4. The second kappa shape index (κ2) is 5.36. The molecule has 17 heavy (non-hydrogen) atoms. The van der Waals surface area contributed by atoms with Gasteiger partial charge in [0.05, 0.1) is 0 Å². The summed E-state index contributed by atoms with van der Waals surface area (Å²) in [6.45, 7) is 1.37. The average molecular weight is 301 g/mol. The Labute approximate surface area is 110 Å². The molecule has 1 atom stereocenters. The van der Waals surface area contributed by atoms with Crippen LogP contribution in [-0.2, 0) is 0 Å². The van der Waals surface area contributed by atoms with Gasteiger partial charge in [-0.25, -0.2) is 4.39 Å². The van der Waals surface area contributed by atoms with Crippen LogP contribution in [0.25, 0.3) is 0 Å². The minimum Gasteiger partial charge on any atom is -0.371 e. The first-order valence-electron chi connectivity index (χ1n) is 5.98. The molecule has 2 rings (SSSR count). The van der Waals surface area contributed by atoms with Crippen molar-refractivity contribution in [3.63, 3.8) is 0 Å². The maximum atomic E-state index is 12.9. The van der Waals surface area contributed by atoms with Gasteiger partial charge >= 0.3 is 0 Å². The lowest BCUT2D eigenvalue weighted by Gasteiger charge is -2.25. The summed E-state index contributed by atoms with van der Waals surface area (Å²) in [4.78, 5) is 2.29. The van der Waals surface area contributed by atoms with Crippen molar-refractivity contribution in [3.8, 4) is 0 Å². The van der Waals surface area contributed by atoms with Crippen LogP contribution in [0.3, 0.4) is 0 Å². The molecule has 1 aliphatic heterocycles. The van der Waals surface area contributed by atoms with Crippen molar-refractivity contribution >= 4 is 21.6 Å². The minimum absolute atomic E-state index is 0.417. The second-order valence-electron chi connectivity index (χ2n) is 4.82. The molecule has 1 aromatic rings. The van der Waals surface area contributed by atoms with E-state index in [0.717, 1.165) is 36.8 Å². The van der Waals surface area contributed by atoms with Gasteiger partial charge < -0.3 is 10.6 Å². The number of hydrogen-bond acceptors (Lipinski definition) is 2. The fourth-order valence-corrected chi connectivity index (χ4v) is 2.67. The van der Waals surface area contributed by atoms with Crippen molar-refractivity contribution < 1.29 is 4.39 Å². The van der Waals surface area contributed by atoms with Gasteiger partial charge in [-0.3, -0.25) is 0 Å². The van der Waals surface area contributed by atoms with Crippen LogP contribution in [-0.4, -0.2) is 25.3 Å². The Hall–Kier alpha value is -0.610. The molecule has 0 saturated carbocycles. The van der Waals surface area contributed by atoms with E-state index in [1.165, 1.54) is 5.69 Å². The smallest absolute Gasteiger partial charge is 0.107 e. The van der Waals surface area contributed by atoms with E-state index in [-0.39, 0.29) is 0 Å². The molecule has 0 spiro atoms. The summed E-state index contributed by atoms with van der Waals surface area (Å²) in [7, 11) is 0. The Morgan fingerprint density at radius 2 is 2.18 bits per heavy atom. The lowest BCUT2D eigenvalue weighted by molar-refractivity contribution is 0.282. The van der Waals surface area contributed by atoms with Crippen LogP contribution in [0.15, 0.2) is 28.7 Å². The molecule has 1 aromatic carbocycles. The highest BCUT2D eigenvalue weighted by molar-refractivity contribution is 9.10. The quantitative estimate of drug-likeness (QED) is 0.909. The molecule has 2 N–H and O–H groups in total. The summed E-state index contributed by atoms with van der Waals surface area (Å²) < 4.78 is 14.0. The van der Waals surface area contributed by atoms with E-state index in [0.29, 0.717) is 0 Å². The third-order valence-electron chi connectivity index (χ3n) is 3.42. The van der Waals surface area contributed by atoms with E-state index in [4.69, 9.17) is 5.73 Å². The SMILES string of the molecule is NC1(CF)CCCN(c2cccc(Br)c2)CC1. The van der Waals surface area contributed by atoms with Gasteiger partial charge in [0, 0.05) is 28.8 Å². The maximum Gasteiger partial charge on any atom is 0.107 e. The largest absolute Gasteiger partial charge is 0.371 e. The molecular formula is C13H18BrFN2. The van der Waals surface area contributed by atoms with E-state index in [9.17, 15) is 4.39 Å². The summed E-state index contributed by atoms with van der Waals surface area (Å²) in [6, 6.07) is 8.22. The van der Waals surface area contributed by atoms with Crippen LogP contribution in [0.4, 0.5) is 10.1 Å². The molecule has 0 aliphatic carbocycles. The molecular weight excluding hydrogens is 283 g/mol. The van der Waals surface area contributed by atoms with Crippen molar-refractivity contribution in [1.29, 1.82) is 0 Å². The molecule has 4 heteroatoms. The highest BCUT2D eigenvalue weighted by Crippen LogP contribution is 2.26. The van der Waals surface area contributed by atoms with Gasteiger partial charge in [0.25, 0.3) is 0 Å². The highest BCUT2D eigenvalue weighted by atomic mass is 79.9. The van der Waals surface area contributed by atoms with E-state index in [2.05, 4.69) is 33.0 Å². The molecule has 1 heterocycles. The van der Waals surface area contributed by atoms with Crippen LogP contribution < -0.4 is 10.6 Å². The molecule has 1 saturated heterocycles. The third-order valence-corrected chi connectivity index (χ3v) is 3.92. The zero-order valence-electron chi connectivity index (χ0n) is 9.83. The fourth-order valence-electron chi connectivity index (χ4n) is 2.28. The summed E-state index contributed by atoms with van der Waals surface area (Å²) in [5, 5.41) is 0. The molecule has 1 aliphatic rings. The first kappa shape index (κ1) is 12.8. The Bertz CT molecular complexity index is 385. The number of benzene rings is 1. The van der Waals surface area contributed by atoms with Gasteiger partial charge in [-0.2, -0.15) is 0 Å². The molecule has 1 fully saturated rings. The van der Waals surface area contributed by atoms with Crippen molar-refractivity contribution in [2.45, 2.75) is 24.8 Å². The van der Waals surface area contributed by atoms with Gasteiger partial charge in [0.15, 0.2) is 0 Å². The normalized spacial score (nSPS) is 25.7. The summed E-state index contributed by atoms with van der Waals surface area (Å²) in [5.74, 6) is 0. The van der Waals surface area contributed by atoms with Gasteiger partial charge in [-0.05, 0) is 37.5 Å². The topological polar surface area (TPSA) is 29.3 Å².